The minimum atomic E-state index is -3.19. The van der Waals surface area contributed by atoms with Crippen molar-refractivity contribution in [2.75, 3.05) is 32.1 Å². The lowest BCUT2D eigenvalue weighted by atomic mass is 10.1. The van der Waals surface area contributed by atoms with Crippen LogP contribution >= 0.6 is 0 Å². The Hall–Kier alpha value is -0.170. The maximum atomic E-state index is 11.6. The van der Waals surface area contributed by atoms with Crippen molar-refractivity contribution < 1.29 is 13.2 Å². The first-order valence-electron chi connectivity index (χ1n) is 5.33. The molecule has 1 aliphatic heterocycles. The predicted octanol–water partition coefficient (Wildman–Crippen LogP) is -0.450. The fourth-order valence-electron chi connectivity index (χ4n) is 1.57. The van der Waals surface area contributed by atoms with Crippen molar-refractivity contribution in [3.05, 3.63) is 0 Å². The second-order valence-electron chi connectivity index (χ2n) is 3.88. The normalized spacial score (nSPS) is 27.1. The zero-order chi connectivity index (χ0) is 11.3. The molecule has 0 saturated carbocycles. The summed E-state index contributed by atoms with van der Waals surface area (Å²) in [5, 5.41) is 3.15. The van der Waals surface area contributed by atoms with E-state index in [1.165, 1.54) is 0 Å². The summed E-state index contributed by atoms with van der Waals surface area (Å²) in [7, 11) is -3.19. The third-order valence-corrected chi connectivity index (χ3v) is 3.91. The highest BCUT2D eigenvalue weighted by atomic mass is 32.2. The fourth-order valence-corrected chi connectivity index (χ4v) is 2.80. The van der Waals surface area contributed by atoms with Crippen molar-refractivity contribution in [1.29, 1.82) is 0 Å². The Morgan fingerprint density at radius 1 is 1.47 bits per heavy atom. The van der Waals surface area contributed by atoms with E-state index in [1.807, 2.05) is 13.8 Å². The average Bonchev–Trinajstić information content (AvgIpc) is 2.51. The van der Waals surface area contributed by atoms with Gasteiger partial charge in [0, 0.05) is 19.2 Å². The van der Waals surface area contributed by atoms with Gasteiger partial charge in [-0.05, 0) is 19.4 Å². The second kappa shape index (κ2) is 5.79. The SMILES string of the molecule is CCOCCS(=O)(=O)NC1CNCC1C. The van der Waals surface area contributed by atoms with Crippen LogP contribution in [0, 0.1) is 5.92 Å². The summed E-state index contributed by atoms with van der Waals surface area (Å²) < 4.78 is 30.9. The van der Waals surface area contributed by atoms with E-state index in [-0.39, 0.29) is 18.4 Å². The zero-order valence-corrected chi connectivity index (χ0v) is 10.1. The summed E-state index contributed by atoms with van der Waals surface area (Å²) in [6, 6.07) is 0.0247. The van der Waals surface area contributed by atoms with Crippen molar-refractivity contribution in [1.82, 2.24) is 10.0 Å². The third kappa shape index (κ3) is 4.46. The van der Waals surface area contributed by atoms with Gasteiger partial charge in [0.15, 0.2) is 0 Å². The molecule has 1 heterocycles. The van der Waals surface area contributed by atoms with Gasteiger partial charge in [0.1, 0.15) is 0 Å². The topological polar surface area (TPSA) is 67.4 Å². The maximum Gasteiger partial charge on any atom is 0.214 e. The van der Waals surface area contributed by atoms with E-state index >= 15 is 0 Å². The Morgan fingerprint density at radius 3 is 2.73 bits per heavy atom. The van der Waals surface area contributed by atoms with E-state index < -0.39 is 10.0 Å². The molecule has 15 heavy (non-hydrogen) atoms. The quantitative estimate of drug-likeness (QED) is 0.613. The minimum absolute atomic E-state index is 0.0247. The molecule has 2 unspecified atom stereocenters. The van der Waals surface area contributed by atoms with Gasteiger partial charge in [0.2, 0.25) is 10.0 Å². The highest BCUT2D eigenvalue weighted by Crippen LogP contribution is 2.08. The predicted molar refractivity (Wildman–Crippen MR) is 59.2 cm³/mol. The molecule has 1 saturated heterocycles. The van der Waals surface area contributed by atoms with Crippen molar-refractivity contribution in [2.24, 2.45) is 5.92 Å². The van der Waals surface area contributed by atoms with Crippen molar-refractivity contribution in [3.63, 3.8) is 0 Å². The summed E-state index contributed by atoms with van der Waals surface area (Å²) in [4.78, 5) is 0. The molecule has 90 valence electrons. The van der Waals surface area contributed by atoms with E-state index in [1.54, 1.807) is 0 Å². The number of hydrogen-bond donors (Lipinski definition) is 2. The molecule has 1 rings (SSSR count). The van der Waals surface area contributed by atoms with E-state index in [2.05, 4.69) is 10.0 Å². The monoisotopic (exact) mass is 236 g/mol. The Balaban J connectivity index is 2.35. The van der Waals surface area contributed by atoms with Crippen LogP contribution in [-0.4, -0.2) is 46.5 Å². The number of hydrogen-bond acceptors (Lipinski definition) is 4. The van der Waals surface area contributed by atoms with Crippen LogP contribution < -0.4 is 10.0 Å². The van der Waals surface area contributed by atoms with Crippen molar-refractivity contribution >= 4 is 10.0 Å². The van der Waals surface area contributed by atoms with Crippen LogP contribution in [0.2, 0.25) is 0 Å². The van der Waals surface area contributed by atoms with Crippen molar-refractivity contribution in [3.8, 4) is 0 Å². The summed E-state index contributed by atoms with van der Waals surface area (Å²) in [5.41, 5.74) is 0. The highest BCUT2D eigenvalue weighted by molar-refractivity contribution is 7.89. The molecule has 0 aromatic rings. The smallest absolute Gasteiger partial charge is 0.214 e. The highest BCUT2D eigenvalue weighted by Gasteiger charge is 2.26. The van der Waals surface area contributed by atoms with Crippen LogP contribution in [0.5, 0.6) is 0 Å². The first kappa shape index (κ1) is 12.9. The van der Waals surface area contributed by atoms with Gasteiger partial charge < -0.3 is 10.1 Å². The number of nitrogens with one attached hydrogen (secondary N) is 2. The Kier molecular flexibility index (Phi) is 4.98. The Labute approximate surface area is 91.6 Å². The Bertz CT molecular complexity index is 279. The Morgan fingerprint density at radius 2 is 2.20 bits per heavy atom. The lowest BCUT2D eigenvalue weighted by Crippen LogP contribution is -2.41. The number of sulfonamides is 1. The molecule has 5 nitrogen and oxygen atoms in total. The molecular weight excluding hydrogens is 216 g/mol. The third-order valence-electron chi connectivity index (χ3n) is 2.55. The molecule has 0 aliphatic carbocycles. The molecule has 0 aromatic carbocycles. The van der Waals surface area contributed by atoms with E-state index in [9.17, 15) is 8.42 Å². The van der Waals surface area contributed by atoms with E-state index in [0.29, 0.717) is 12.5 Å². The van der Waals surface area contributed by atoms with Crippen LogP contribution in [0.25, 0.3) is 0 Å². The zero-order valence-electron chi connectivity index (χ0n) is 9.32. The second-order valence-corrected chi connectivity index (χ2v) is 5.75. The van der Waals surface area contributed by atoms with Crippen LogP contribution in [0.3, 0.4) is 0 Å². The molecule has 0 amide bonds. The van der Waals surface area contributed by atoms with E-state index in [0.717, 1.165) is 13.1 Å². The molecule has 0 radical (unpaired) electrons. The molecular formula is C9H20N2O3S. The lowest BCUT2D eigenvalue weighted by Gasteiger charge is -2.16. The summed E-state index contributed by atoms with van der Waals surface area (Å²) in [6.45, 7) is 6.30. The van der Waals surface area contributed by atoms with Crippen LogP contribution in [0.1, 0.15) is 13.8 Å². The first-order chi connectivity index (χ1) is 7.05. The molecule has 6 heteroatoms. The standard InChI is InChI=1S/C9H20N2O3S/c1-3-14-4-5-15(12,13)11-9-7-10-6-8(9)2/h8-11H,3-7H2,1-2H3. The van der Waals surface area contributed by atoms with Gasteiger partial charge >= 0.3 is 0 Å². The molecule has 0 bridgehead atoms. The number of rotatable bonds is 6. The van der Waals surface area contributed by atoms with Crippen LogP contribution in [-0.2, 0) is 14.8 Å². The summed E-state index contributed by atoms with van der Waals surface area (Å²) >= 11 is 0. The summed E-state index contributed by atoms with van der Waals surface area (Å²) in [6.07, 6.45) is 0. The molecule has 2 N–H and O–H groups in total. The van der Waals surface area contributed by atoms with Gasteiger partial charge in [-0.2, -0.15) is 0 Å². The van der Waals surface area contributed by atoms with Gasteiger partial charge in [-0.25, -0.2) is 13.1 Å². The fraction of sp³-hybridized carbons (Fsp3) is 1.00. The van der Waals surface area contributed by atoms with Gasteiger partial charge in [0.05, 0.1) is 12.4 Å². The molecule has 2 atom stereocenters. The summed E-state index contributed by atoms with van der Waals surface area (Å²) in [5.74, 6) is 0.399. The van der Waals surface area contributed by atoms with E-state index in [4.69, 9.17) is 4.74 Å². The first-order valence-corrected chi connectivity index (χ1v) is 6.99. The molecule has 0 spiro atoms. The minimum Gasteiger partial charge on any atom is -0.381 e. The van der Waals surface area contributed by atoms with Gasteiger partial charge in [0.25, 0.3) is 0 Å². The van der Waals surface area contributed by atoms with Crippen molar-refractivity contribution in [2.45, 2.75) is 19.9 Å². The van der Waals surface area contributed by atoms with Gasteiger partial charge in [-0.15, -0.1) is 0 Å². The number of ether oxygens (including phenoxy) is 1. The van der Waals surface area contributed by atoms with Gasteiger partial charge in [-0.1, -0.05) is 6.92 Å². The molecule has 1 aliphatic rings. The van der Waals surface area contributed by atoms with Crippen LogP contribution in [0.4, 0.5) is 0 Å². The molecule has 0 aromatic heterocycles. The maximum absolute atomic E-state index is 11.6. The lowest BCUT2D eigenvalue weighted by molar-refractivity contribution is 0.163. The average molecular weight is 236 g/mol. The van der Waals surface area contributed by atoms with Gasteiger partial charge in [-0.3, -0.25) is 0 Å². The largest absolute Gasteiger partial charge is 0.381 e. The molecule has 1 fully saturated rings. The van der Waals surface area contributed by atoms with Crippen LogP contribution in [0.15, 0.2) is 0 Å².